The van der Waals surface area contributed by atoms with Gasteiger partial charge in [-0.15, -0.1) is 0 Å². The standard InChI is InChI=1S/C19H15Cl2NO3/c1-11(25-18-9-8-12(20)10-15(18)21)19(24)22-16-6-2-5-14-13(16)4-3-7-17(14)23/h2-11,23H,1H3,(H,22,24). The monoisotopic (exact) mass is 375 g/mol. The van der Waals surface area contributed by atoms with Crippen molar-refractivity contribution in [3.05, 3.63) is 64.6 Å². The highest BCUT2D eigenvalue weighted by molar-refractivity contribution is 6.35. The predicted molar refractivity (Wildman–Crippen MR) is 101 cm³/mol. The molecule has 0 aliphatic carbocycles. The Bertz CT molecular complexity index is 943. The van der Waals surface area contributed by atoms with E-state index >= 15 is 0 Å². The second kappa shape index (κ2) is 7.21. The number of fused-ring (bicyclic) bond motifs is 1. The minimum absolute atomic E-state index is 0.158. The third-order valence-electron chi connectivity index (χ3n) is 3.72. The topological polar surface area (TPSA) is 58.6 Å². The zero-order valence-electron chi connectivity index (χ0n) is 13.3. The number of amides is 1. The van der Waals surface area contributed by atoms with Gasteiger partial charge in [-0.05, 0) is 37.3 Å². The Balaban J connectivity index is 1.79. The minimum Gasteiger partial charge on any atom is -0.507 e. The molecule has 25 heavy (non-hydrogen) atoms. The first-order valence-corrected chi connectivity index (χ1v) is 8.34. The van der Waals surface area contributed by atoms with Crippen LogP contribution in [0.4, 0.5) is 5.69 Å². The van der Waals surface area contributed by atoms with Crippen LogP contribution in [-0.2, 0) is 4.79 Å². The number of hydrogen-bond donors (Lipinski definition) is 2. The van der Waals surface area contributed by atoms with E-state index in [1.165, 1.54) is 0 Å². The molecule has 2 N–H and O–H groups in total. The van der Waals surface area contributed by atoms with Gasteiger partial charge in [0.05, 0.1) is 5.02 Å². The summed E-state index contributed by atoms with van der Waals surface area (Å²) < 4.78 is 5.62. The van der Waals surface area contributed by atoms with Gasteiger partial charge < -0.3 is 15.2 Å². The molecular weight excluding hydrogens is 361 g/mol. The molecule has 0 radical (unpaired) electrons. The van der Waals surface area contributed by atoms with Crippen molar-refractivity contribution in [2.24, 2.45) is 0 Å². The molecule has 0 heterocycles. The van der Waals surface area contributed by atoms with Crippen LogP contribution in [0, 0.1) is 0 Å². The number of aromatic hydroxyl groups is 1. The predicted octanol–water partition coefficient (Wildman–Crippen LogP) is 5.26. The lowest BCUT2D eigenvalue weighted by Crippen LogP contribution is -2.30. The SMILES string of the molecule is CC(Oc1ccc(Cl)cc1Cl)C(=O)Nc1cccc2c(O)cccc12. The Morgan fingerprint density at radius 3 is 2.56 bits per heavy atom. The van der Waals surface area contributed by atoms with Gasteiger partial charge >= 0.3 is 0 Å². The molecule has 1 atom stereocenters. The van der Waals surface area contributed by atoms with E-state index in [1.807, 2.05) is 6.07 Å². The van der Waals surface area contributed by atoms with E-state index in [2.05, 4.69) is 5.32 Å². The van der Waals surface area contributed by atoms with Crippen molar-refractivity contribution in [1.29, 1.82) is 0 Å². The molecule has 0 saturated carbocycles. The molecule has 0 aromatic heterocycles. The van der Waals surface area contributed by atoms with Crippen molar-refractivity contribution in [2.45, 2.75) is 13.0 Å². The normalized spacial score (nSPS) is 12.0. The number of hydrogen-bond acceptors (Lipinski definition) is 3. The van der Waals surface area contributed by atoms with Crippen LogP contribution in [0.2, 0.25) is 10.0 Å². The van der Waals surface area contributed by atoms with Crippen LogP contribution in [0.15, 0.2) is 54.6 Å². The minimum atomic E-state index is -0.772. The third-order valence-corrected chi connectivity index (χ3v) is 4.25. The average molecular weight is 376 g/mol. The van der Waals surface area contributed by atoms with E-state index in [0.717, 1.165) is 5.39 Å². The lowest BCUT2D eigenvalue weighted by Gasteiger charge is -2.16. The molecule has 3 rings (SSSR count). The van der Waals surface area contributed by atoms with E-state index in [1.54, 1.807) is 55.5 Å². The maximum Gasteiger partial charge on any atom is 0.265 e. The van der Waals surface area contributed by atoms with Crippen LogP contribution >= 0.6 is 23.2 Å². The van der Waals surface area contributed by atoms with Crippen LogP contribution in [0.5, 0.6) is 11.5 Å². The fourth-order valence-electron chi connectivity index (χ4n) is 2.45. The largest absolute Gasteiger partial charge is 0.507 e. The van der Waals surface area contributed by atoms with Crippen LogP contribution in [0.1, 0.15) is 6.92 Å². The van der Waals surface area contributed by atoms with Crippen LogP contribution in [0.3, 0.4) is 0 Å². The van der Waals surface area contributed by atoms with Gasteiger partial charge in [0.2, 0.25) is 0 Å². The molecule has 0 saturated heterocycles. The summed E-state index contributed by atoms with van der Waals surface area (Å²) in [5.41, 5.74) is 0.594. The summed E-state index contributed by atoms with van der Waals surface area (Å²) in [4.78, 5) is 12.5. The molecule has 0 fully saturated rings. The van der Waals surface area contributed by atoms with Gasteiger partial charge in [-0.1, -0.05) is 47.5 Å². The molecule has 3 aromatic rings. The van der Waals surface area contributed by atoms with Gasteiger partial charge in [0.15, 0.2) is 6.10 Å². The van der Waals surface area contributed by atoms with Crippen molar-refractivity contribution in [2.75, 3.05) is 5.32 Å². The Hall–Kier alpha value is -2.43. The molecule has 0 bridgehead atoms. The second-order valence-electron chi connectivity index (χ2n) is 5.50. The zero-order valence-corrected chi connectivity index (χ0v) is 14.8. The number of phenolic OH excluding ortho intramolecular Hbond substituents is 1. The van der Waals surface area contributed by atoms with Gasteiger partial charge in [0, 0.05) is 21.5 Å². The number of ether oxygens (including phenoxy) is 1. The first-order valence-electron chi connectivity index (χ1n) is 7.59. The van der Waals surface area contributed by atoms with Crippen LogP contribution in [0.25, 0.3) is 10.8 Å². The van der Waals surface area contributed by atoms with Gasteiger partial charge in [-0.2, -0.15) is 0 Å². The van der Waals surface area contributed by atoms with E-state index in [-0.39, 0.29) is 11.7 Å². The molecule has 0 aliphatic heterocycles. The highest BCUT2D eigenvalue weighted by Crippen LogP contribution is 2.31. The molecule has 128 valence electrons. The first kappa shape index (κ1) is 17.4. The zero-order chi connectivity index (χ0) is 18.0. The molecular formula is C19H15Cl2NO3. The number of carbonyl (C=O) groups excluding carboxylic acids is 1. The van der Waals surface area contributed by atoms with Crippen molar-refractivity contribution in [3.8, 4) is 11.5 Å². The van der Waals surface area contributed by atoms with E-state index in [9.17, 15) is 9.90 Å². The maximum atomic E-state index is 12.5. The Kier molecular flexibility index (Phi) is 5.02. The number of halogens is 2. The summed E-state index contributed by atoms with van der Waals surface area (Å²) in [5.74, 6) is 0.206. The quantitative estimate of drug-likeness (QED) is 0.653. The van der Waals surface area contributed by atoms with Gasteiger partial charge in [-0.3, -0.25) is 4.79 Å². The molecule has 0 spiro atoms. The van der Waals surface area contributed by atoms with E-state index < -0.39 is 6.10 Å². The van der Waals surface area contributed by atoms with Crippen LogP contribution in [-0.4, -0.2) is 17.1 Å². The summed E-state index contributed by atoms with van der Waals surface area (Å²) >= 11 is 11.9. The average Bonchev–Trinajstić information content (AvgIpc) is 2.58. The Morgan fingerprint density at radius 1 is 1.08 bits per heavy atom. The number of nitrogens with one attached hydrogen (secondary N) is 1. The fourth-order valence-corrected chi connectivity index (χ4v) is 2.90. The third kappa shape index (κ3) is 3.81. The second-order valence-corrected chi connectivity index (χ2v) is 6.35. The highest BCUT2D eigenvalue weighted by atomic mass is 35.5. The van der Waals surface area contributed by atoms with Gasteiger partial charge in [0.25, 0.3) is 5.91 Å². The number of benzene rings is 3. The van der Waals surface area contributed by atoms with Crippen molar-refractivity contribution >= 4 is 45.6 Å². The molecule has 4 nitrogen and oxygen atoms in total. The molecule has 6 heteroatoms. The molecule has 1 amide bonds. The number of anilines is 1. The van der Waals surface area contributed by atoms with E-state index in [4.69, 9.17) is 27.9 Å². The van der Waals surface area contributed by atoms with Crippen molar-refractivity contribution in [1.82, 2.24) is 0 Å². The lowest BCUT2D eigenvalue weighted by molar-refractivity contribution is -0.122. The molecule has 1 unspecified atom stereocenters. The summed E-state index contributed by atoms with van der Waals surface area (Å²) in [6.45, 7) is 1.63. The van der Waals surface area contributed by atoms with Gasteiger partial charge in [0.1, 0.15) is 11.5 Å². The number of carbonyl (C=O) groups is 1. The summed E-state index contributed by atoms with van der Waals surface area (Å²) in [5, 5.41) is 15.0. The summed E-state index contributed by atoms with van der Waals surface area (Å²) in [6.07, 6.45) is -0.772. The highest BCUT2D eigenvalue weighted by Gasteiger charge is 2.17. The maximum absolute atomic E-state index is 12.5. The number of rotatable bonds is 4. The smallest absolute Gasteiger partial charge is 0.265 e. The van der Waals surface area contributed by atoms with Crippen LogP contribution < -0.4 is 10.1 Å². The van der Waals surface area contributed by atoms with Gasteiger partial charge in [-0.25, -0.2) is 0 Å². The summed E-state index contributed by atoms with van der Waals surface area (Å²) in [7, 11) is 0. The van der Waals surface area contributed by atoms with Crippen molar-refractivity contribution in [3.63, 3.8) is 0 Å². The Labute approximate surface area is 154 Å². The molecule has 0 aliphatic rings. The lowest BCUT2D eigenvalue weighted by atomic mass is 10.1. The van der Waals surface area contributed by atoms with Crippen molar-refractivity contribution < 1.29 is 14.6 Å². The van der Waals surface area contributed by atoms with E-state index in [0.29, 0.717) is 26.9 Å². The summed E-state index contributed by atoms with van der Waals surface area (Å²) in [6, 6.07) is 15.3. The number of phenols is 1. The molecule has 3 aromatic carbocycles. The fraction of sp³-hybridized carbons (Fsp3) is 0.105. The first-order chi connectivity index (χ1) is 12.0. The Morgan fingerprint density at radius 2 is 1.80 bits per heavy atom.